The van der Waals surface area contributed by atoms with Gasteiger partial charge in [0.25, 0.3) is 0 Å². The molecular weight excluding hydrogens is 351 g/mol. The quantitative estimate of drug-likeness (QED) is 0.812. The Hall–Kier alpha value is -2.16. The number of halogens is 3. The van der Waals surface area contributed by atoms with Crippen molar-refractivity contribution in [2.24, 2.45) is 5.92 Å². The number of piperidine rings is 1. The van der Waals surface area contributed by atoms with Gasteiger partial charge in [0, 0.05) is 45.0 Å². The van der Waals surface area contributed by atoms with Gasteiger partial charge in [0.1, 0.15) is 0 Å². The van der Waals surface area contributed by atoms with Crippen LogP contribution in [0.4, 0.5) is 13.2 Å². The van der Waals surface area contributed by atoms with Crippen LogP contribution in [0, 0.1) is 5.92 Å². The minimum Gasteiger partial charge on any atom is -0.342 e. The predicted molar refractivity (Wildman–Crippen MR) is 84.5 cm³/mol. The average Bonchev–Trinajstić information content (AvgIpc) is 2.95. The lowest BCUT2D eigenvalue weighted by Crippen LogP contribution is -2.45. The molecule has 3 rings (SSSR count). The molecule has 2 fully saturated rings. The van der Waals surface area contributed by atoms with E-state index in [1.165, 1.54) is 0 Å². The number of ether oxygens (including phenoxy) is 1. The zero-order valence-corrected chi connectivity index (χ0v) is 14.1. The summed E-state index contributed by atoms with van der Waals surface area (Å²) in [4.78, 5) is 31.9. The standard InChI is InChI=1S/C17H20F3N3O3/c18-17(19,20)26-14-3-7-22(8-4-14)16(25)13-9-15(24)23(11-13)10-12-1-5-21-6-2-12/h1-2,5-6,13-14H,3-4,7-11H2. The van der Waals surface area contributed by atoms with E-state index in [1.54, 1.807) is 22.2 Å². The number of amides is 2. The fraction of sp³-hybridized carbons (Fsp3) is 0.588. The fourth-order valence-electron chi connectivity index (χ4n) is 3.44. The number of hydrogen-bond acceptors (Lipinski definition) is 4. The van der Waals surface area contributed by atoms with Gasteiger partial charge in [0.2, 0.25) is 11.8 Å². The molecule has 3 heterocycles. The maximum Gasteiger partial charge on any atom is 0.522 e. The summed E-state index contributed by atoms with van der Waals surface area (Å²) in [5, 5.41) is 0. The number of rotatable bonds is 4. The van der Waals surface area contributed by atoms with Crippen molar-refractivity contribution in [3.05, 3.63) is 30.1 Å². The highest BCUT2D eigenvalue weighted by Gasteiger charge is 2.39. The first-order valence-corrected chi connectivity index (χ1v) is 8.52. The summed E-state index contributed by atoms with van der Waals surface area (Å²) in [5.41, 5.74) is 0.937. The molecule has 0 spiro atoms. The van der Waals surface area contributed by atoms with Crippen molar-refractivity contribution in [3.8, 4) is 0 Å². The molecule has 1 aromatic rings. The van der Waals surface area contributed by atoms with Crippen LogP contribution < -0.4 is 0 Å². The van der Waals surface area contributed by atoms with Gasteiger partial charge in [-0.3, -0.25) is 19.3 Å². The second-order valence-corrected chi connectivity index (χ2v) is 6.62. The largest absolute Gasteiger partial charge is 0.522 e. The van der Waals surface area contributed by atoms with E-state index < -0.39 is 18.4 Å². The molecule has 1 atom stereocenters. The van der Waals surface area contributed by atoms with E-state index in [4.69, 9.17) is 0 Å². The Labute approximate surface area is 148 Å². The number of likely N-dealkylation sites (tertiary alicyclic amines) is 2. The van der Waals surface area contributed by atoms with Crippen LogP contribution in [0.5, 0.6) is 0 Å². The van der Waals surface area contributed by atoms with Crippen molar-refractivity contribution in [2.45, 2.75) is 38.3 Å². The Kier molecular flexibility index (Phi) is 5.45. The zero-order chi connectivity index (χ0) is 18.7. The maximum atomic E-state index is 12.6. The molecule has 0 radical (unpaired) electrons. The highest BCUT2D eigenvalue weighted by molar-refractivity contribution is 5.89. The maximum absolute atomic E-state index is 12.6. The monoisotopic (exact) mass is 371 g/mol. The number of pyridine rings is 1. The summed E-state index contributed by atoms with van der Waals surface area (Å²) in [7, 11) is 0. The molecule has 0 aromatic carbocycles. The van der Waals surface area contributed by atoms with Crippen LogP contribution in [-0.2, 0) is 20.9 Å². The Morgan fingerprint density at radius 1 is 1.23 bits per heavy atom. The topological polar surface area (TPSA) is 62.7 Å². The first-order chi connectivity index (χ1) is 12.3. The molecule has 26 heavy (non-hydrogen) atoms. The molecule has 142 valence electrons. The van der Waals surface area contributed by atoms with Crippen molar-refractivity contribution in [3.63, 3.8) is 0 Å². The predicted octanol–water partition coefficient (Wildman–Crippen LogP) is 1.96. The van der Waals surface area contributed by atoms with Crippen molar-refractivity contribution < 1.29 is 27.5 Å². The van der Waals surface area contributed by atoms with Gasteiger partial charge in [0.15, 0.2) is 0 Å². The SMILES string of the molecule is O=C1CC(C(=O)N2CCC(OC(F)(F)F)CC2)CN1Cc1ccncc1. The molecule has 9 heteroatoms. The van der Waals surface area contributed by atoms with Crippen LogP contribution in [0.15, 0.2) is 24.5 Å². The zero-order valence-electron chi connectivity index (χ0n) is 14.1. The third-order valence-electron chi connectivity index (χ3n) is 4.74. The minimum atomic E-state index is -4.65. The number of aromatic nitrogens is 1. The third-order valence-corrected chi connectivity index (χ3v) is 4.74. The lowest BCUT2D eigenvalue weighted by molar-refractivity contribution is -0.345. The Morgan fingerprint density at radius 3 is 2.50 bits per heavy atom. The molecule has 0 N–H and O–H groups in total. The van der Waals surface area contributed by atoms with Gasteiger partial charge in [-0.2, -0.15) is 0 Å². The average molecular weight is 371 g/mol. The Bertz CT molecular complexity index is 646. The molecule has 2 amide bonds. The Balaban J connectivity index is 1.51. The number of alkyl halides is 3. The molecule has 6 nitrogen and oxygen atoms in total. The first kappa shape index (κ1) is 18.6. The molecule has 2 aliphatic rings. The highest BCUT2D eigenvalue weighted by Crippen LogP contribution is 2.27. The second-order valence-electron chi connectivity index (χ2n) is 6.62. The lowest BCUT2D eigenvalue weighted by Gasteiger charge is -2.33. The molecule has 1 aromatic heterocycles. The van der Waals surface area contributed by atoms with E-state index >= 15 is 0 Å². The molecule has 0 aliphatic carbocycles. The van der Waals surface area contributed by atoms with E-state index in [-0.39, 0.29) is 44.2 Å². The molecule has 2 saturated heterocycles. The van der Waals surface area contributed by atoms with Gasteiger partial charge in [-0.15, -0.1) is 13.2 Å². The summed E-state index contributed by atoms with van der Waals surface area (Å²) < 4.78 is 40.8. The fourth-order valence-corrected chi connectivity index (χ4v) is 3.44. The number of nitrogens with zero attached hydrogens (tertiary/aromatic N) is 3. The summed E-state index contributed by atoms with van der Waals surface area (Å²) in [6.45, 7) is 1.19. The lowest BCUT2D eigenvalue weighted by atomic mass is 10.0. The molecule has 2 aliphatic heterocycles. The van der Waals surface area contributed by atoms with Crippen LogP contribution >= 0.6 is 0 Å². The summed E-state index contributed by atoms with van der Waals surface area (Å²) in [6.07, 6.45) is -1.84. The highest BCUT2D eigenvalue weighted by atomic mass is 19.4. The van der Waals surface area contributed by atoms with Gasteiger partial charge < -0.3 is 9.80 Å². The number of carbonyl (C=O) groups excluding carboxylic acids is 2. The number of hydrogen-bond donors (Lipinski definition) is 0. The smallest absolute Gasteiger partial charge is 0.342 e. The number of carbonyl (C=O) groups is 2. The first-order valence-electron chi connectivity index (χ1n) is 8.52. The van der Waals surface area contributed by atoms with Gasteiger partial charge in [-0.05, 0) is 30.5 Å². The van der Waals surface area contributed by atoms with Gasteiger partial charge in [-0.25, -0.2) is 0 Å². The van der Waals surface area contributed by atoms with Crippen LogP contribution in [0.2, 0.25) is 0 Å². The third kappa shape index (κ3) is 4.72. The summed E-state index contributed by atoms with van der Waals surface area (Å²) in [6, 6.07) is 3.63. The summed E-state index contributed by atoms with van der Waals surface area (Å²) in [5.74, 6) is -0.694. The molecule has 0 bridgehead atoms. The van der Waals surface area contributed by atoms with Crippen LogP contribution in [0.3, 0.4) is 0 Å². The Morgan fingerprint density at radius 2 is 1.88 bits per heavy atom. The van der Waals surface area contributed by atoms with E-state index in [2.05, 4.69) is 9.72 Å². The van der Waals surface area contributed by atoms with Crippen LogP contribution in [0.25, 0.3) is 0 Å². The summed E-state index contributed by atoms with van der Waals surface area (Å²) >= 11 is 0. The van der Waals surface area contributed by atoms with Gasteiger partial charge in [0.05, 0.1) is 12.0 Å². The van der Waals surface area contributed by atoms with Gasteiger partial charge >= 0.3 is 6.36 Å². The van der Waals surface area contributed by atoms with Gasteiger partial charge in [-0.1, -0.05) is 0 Å². The normalized spacial score (nSPS) is 22.1. The van der Waals surface area contributed by atoms with Crippen molar-refractivity contribution in [1.29, 1.82) is 0 Å². The van der Waals surface area contributed by atoms with Crippen LogP contribution in [-0.4, -0.2) is 58.7 Å². The van der Waals surface area contributed by atoms with Crippen molar-refractivity contribution in [1.82, 2.24) is 14.8 Å². The molecular formula is C17H20F3N3O3. The molecule has 1 unspecified atom stereocenters. The van der Waals surface area contributed by atoms with Crippen molar-refractivity contribution >= 4 is 11.8 Å². The van der Waals surface area contributed by atoms with Crippen molar-refractivity contribution in [2.75, 3.05) is 19.6 Å². The molecule has 0 saturated carbocycles. The van der Waals surface area contributed by atoms with E-state index in [9.17, 15) is 22.8 Å². The minimum absolute atomic E-state index is 0.0875. The van der Waals surface area contributed by atoms with E-state index in [0.29, 0.717) is 13.1 Å². The van der Waals surface area contributed by atoms with E-state index in [0.717, 1.165) is 5.56 Å². The second kappa shape index (κ2) is 7.61. The van der Waals surface area contributed by atoms with E-state index in [1.807, 2.05) is 12.1 Å². The van der Waals surface area contributed by atoms with Crippen LogP contribution in [0.1, 0.15) is 24.8 Å².